The topological polar surface area (TPSA) is 92.4 Å². The summed E-state index contributed by atoms with van der Waals surface area (Å²) >= 11 is 0. The Kier molecular flexibility index (Phi) is 3.90. The van der Waals surface area contributed by atoms with Gasteiger partial charge in [-0.1, -0.05) is 19.3 Å². The highest BCUT2D eigenvalue weighted by atomic mass is 16.4. The van der Waals surface area contributed by atoms with Gasteiger partial charge in [0, 0.05) is 12.6 Å². The molecule has 0 spiro atoms. The Labute approximate surface area is 107 Å². The lowest BCUT2D eigenvalue weighted by Crippen LogP contribution is -2.44. The molecular formula is C13H22N2O3. The molecule has 5 nitrogen and oxygen atoms in total. The van der Waals surface area contributed by atoms with Crippen LogP contribution in [0.2, 0.25) is 0 Å². The average Bonchev–Trinajstić information content (AvgIpc) is 3.11. The molecule has 2 aliphatic rings. The molecule has 0 radical (unpaired) electrons. The molecule has 0 aromatic heterocycles. The predicted octanol–water partition coefficient (Wildman–Crippen LogP) is 0.875. The number of hydrogen-bond acceptors (Lipinski definition) is 3. The van der Waals surface area contributed by atoms with E-state index < -0.39 is 11.4 Å². The first-order chi connectivity index (χ1) is 8.55. The van der Waals surface area contributed by atoms with Crippen LogP contribution in [0.4, 0.5) is 0 Å². The molecule has 4 N–H and O–H groups in total. The van der Waals surface area contributed by atoms with Gasteiger partial charge in [0.25, 0.3) is 0 Å². The molecule has 0 aromatic carbocycles. The van der Waals surface area contributed by atoms with E-state index in [9.17, 15) is 9.59 Å². The van der Waals surface area contributed by atoms with Gasteiger partial charge in [-0.15, -0.1) is 0 Å². The van der Waals surface area contributed by atoms with Gasteiger partial charge in [-0.05, 0) is 25.7 Å². The van der Waals surface area contributed by atoms with Crippen LogP contribution in [-0.2, 0) is 9.59 Å². The van der Waals surface area contributed by atoms with Crippen molar-refractivity contribution in [2.24, 2.45) is 17.1 Å². The highest BCUT2D eigenvalue weighted by Gasteiger charge is 2.50. The first-order valence-corrected chi connectivity index (χ1v) is 6.82. The van der Waals surface area contributed by atoms with Gasteiger partial charge in [-0.3, -0.25) is 9.59 Å². The van der Waals surface area contributed by atoms with E-state index in [0.717, 1.165) is 32.1 Å². The number of rotatable bonds is 4. The smallest absolute Gasteiger partial charge is 0.311 e. The van der Waals surface area contributed by atoms with Crippen LogP contribution in [-0.4, -0.2) is 29.6 Å². The summed E-state index contributed by atoms with van der Waals surface area (Å²) in [5.41, 5.74) is 5.33. The van der Waals surface area contributed by atoms with E-state index in [2.05, 4.69) is 5.32 Å². The van der Waals surface area contributed by atoms with Crippen LogP contribution in [0.15, 0.2) is 0 Å². The molecule has 2 saturated carbocycles. The standard InChI is InChI=1S/C13H22N2O3/c14-10-5-3-1-2-4-9(10)11(16)15-8-13(6-7-13)12(17)18/h9-10H,1-8,14H2,(H,15,16)(H,17,18). The fourth-order valence-electron chi connectivity index (χ4n) is 2.67. The van der Waals surface area contributed by atoms with Gasteiger partial charge < -0.3 is 16.2 Å². The molecule has 2 unspecified atom stereocenters. The van der Waals surface area contributed by atoms with Gasteiger partial charge in [0.15, 0.2) is 0 Å². The van der Waals surface area contributed by atoms with Crippen molar-refractivity contribution in [1.82, 2.24) is 5.32 Å². The normalized spacial score (nSPS) is 30.3. The van der Waals surface area contributed by atoms with Crippen LogP contribution in [0, 0.1) is 11.3 Å². The Morgan fingerprint density at radius 3 is 2.50 bits per heavy atom. The van der Waals surface area contributed by atoms with E-state index in [-0.39, 0.29) is 24.4 Å². The molecule has 0 aromatic rings. The SMILES string of the molecule is NC1CCCCCC1C(=O)NCC1(C(=O)O)CC1. The van der Waals surface area contributed by atoms with Crippen molar-refractivity contribution in [3.05, 3.63) is 0 Å². The van der Waals surface area contributed by atoms with Crippen molar-refractivity contribution in [2.45, 2.75) is 51.0 Å². The number of nitrogens with one attached hydrogen (secondary N) is 1. The third-order valence-electron chi connectivity index (χ3n) is 4.31. The highest BCUT2D eigenvalue weighted by Crippen LogP contribution is 2.45. The molecule has 2 rings (SSSR count). The molecule has 2 atom stereocenters. The van der Waals surface area contributed by atoms with Crippen LogP contribution in [0.3, 0.4) is 0 Å². The number of aliphatic carboxylic acids is 1. The van der Waals surface area contributed by atoms with Crippen LogP contribution in [0.25, 0.3) is 0 Å². The number of nitrogens with two attached hydrogens (primary N) is 1. The number of carboxylic acids is 1. The zero-order valence-corrected chi connectivity index (χ0v) is 10.7. The third kappa shape index (κ3) is 2.83. The second-order valence-electron chi connectivity index (χ2n) is 5.71. The summed E-state index contributed by atoms with van der Waals surface area (Å²) in [5, 5.41) is 11.8. The fourth-order valence-corrected chi connectivity index (χ4v) is 2.67. The zero-order valence-electron chi connectivity index (χ0n) is 10.7. The Morgan fingerprint density at radius 1 is 1.22 bits per heavy atom. The van der Waals surface area contributed by atoms with E-state index in [0.29, 0.717) is 12.8 Å². The minimum atomic E-state index is -0.798. The molecule has 2 fully saturated rings. The summed E-state index contributed by atoms with van der Waals surface area (Å²) in [6, 6.07) is -0.0764. The molecular weight excluding hydrogens is 232 g/mol. The largest absolute Gasteiger partial charge is 0.481 e. The molecule has 102 valence electrons. The molecule has 2 aliphatic carbocycles. The lowest BCUT2D eigenvalue weighted by molar-refractivity contribution is -0.143. The van der Waals surface area contributed by atoms with Crippen molar-refractivity contribution >= 4 is 11.9 Å². The Hall–Kier alpha value is -1.10. The van der Waals surface area contributed by atoms with Crippen LogP contribution >= 0.6 is 0 Å². The summed E-state index contributed by atoms with van der Waals surface area (Å²) in [4.78, 5) is 23.1. The van der Waals surface area contributed by atoms with Crippen molar-refractivity contribution in [3.63, 3.8) is 0 Å². The second kappa shape index (κ2) is 5.26. The second-order valence-corrected chi connectivity index (χ2v) is 5.71. The molecule has 0 aliphatic heterocycles. The van der Waals surface area contributed by atoms with E-state index in [4.69, 9.17) is 10.8 Å². The highest BCUT2D eigenvalue weighted by molar-refractivity contribution is 5.82. The maximum Gasteiger partial charge on any atom is 0.311 e. The van der Waals surface area contributed by atoms with E-state index in [1.54, 1.807) is 0 Å². The van der Waals surface area contributed by atoms with Crippen molar-refractivity contribution in [3.8, 4) is 0 Å². The van der Waals surface area contributed by atoms with Gasteiger partial charge in [-0.2, -0.15) is 0 Å². The quantitative estimate of drug-likeness (QED) is 0.649. The lowest BCUT2D eigenvalue weighted by atomic mass is 9.94. The summed E-state index contributed by atoms with van der Waals surface area (Å²) < 4.78 is 0. The van der Waals surface area contributed by atoms with E-state index in [1.807, 2.05) is 0 Å². The maximum absolute atomic E-state index is 12.1. The fraction of sp³-hybridized carbons (Fsp3) is 0.846. The predicted molar refractivity (Wildman–Crippen MR) is 66.9 cm³/mol. The van der Waals surface area contributed by atoms with Crippen LogP contribution < -0.4 is 11.1 Å². The maximum atomic E-state index is 12.1. The Morgan fingerprint density at radius 2 is 1.89 bits per heavy atom. The molecule has 0 heterocycles. The summed E-state index contributed by atoms with van der Waals surface area (Å²) in [5.74, 6) is -0.998. The van der Waals surface area contributed by atoms with Crippen LogP contribution in [0.1, 0.15) is 44.9 Å². The van der Waals surface area contributed by atoms with E-state index in [1.165, 1.54) is 0 Å². The van der Waals surface area contributed by atoms with Crippen molar-refractivity contribution < 1.29 is 14.7 Å². The minimum Gasteiger partial charge on any atom is -0.481 e. The molecule has 0 bridgehead atoms. The third-order valence-corrected chi connectivity index (χ3v) is 4.31. The number of carboxylic acid groups (broad SMARTS) is 1. The van der Waals surface area contributed by atoms with Crippen molar-refractivity contribution in [2.75, 3.05) is 6.54 Å². The first-order valence-electron chi connectivity index (χ1n) is 6.82. The first kappa shape index (κ1) is 13.3. The van der Waals surface area contributed by atoms with Crippen LogP contribution in [0.5, 0.6) is 0 Å². The average molecular weight is 254 g/mol. The molecule has 18 heavy (non-hydrogen) atoms. The Bertz CT molecular complexity index is 339. The number of amides is 1. The molecule has 1 amide bonds. The minimum absolute atomic E-state index is 0.0584. The molecule has 0 saturated heterocycles. The van der Waals surface area contributed by atoms with Gasteiger partial charge in [0.05, 0.1) is 11.3 Å². The molecule has 5 heteroatoms. The summed E-state index contributed by atoms with van der Waals surface area (Å²) in [7, 11) is 0. The number of hydrogen-bond donors (Lipinski definition) is 3. The van der Waals surface area contributed by atoms with E-state index >= 15 is 0 Å². The van der Waals surface area contributed by atoms with Gasteiger partial charge in [0.1, 0.15) is 0 Å². The van der Waals surface area contributed by atoms with Gasteiger partial charge in [0.2, 0.25) is 5.91 Å². The number of carbonyl (C=O) groups excluding carboxylic acids is 1. The van der Waals surface area contributed by atoms with Gasteiger partial charge in [-0.25, -0.2) is 0 Å². The number of carbonyl (C=O) groups is 2. The lowest BCUT2D eigenvalue weighted by Gasteiger charge is -2.21. The summed E-state index contributed by atoms with van der Waals surface area (Å²) in [6.07, 6.45) is 6.31. The zero-order chi connectivity index (χ0) is 13.2. The summed E-state index contributed by atoms with van der Waals surface area (Å²) in [6.45, 7) is 0.254. The van der Waals surface area contributed by atoms with Gasteiger partial charge >= 0.3 is 5.97 Å². The van der Waals surface area contributed by atoms with Crippen molar-refractivity contribution in [1.29, 1.82) is 0 Å². The monoisotopic (exact) mass is 254 g/mol. The Balaban J connectivity index is 1.85.